The van der Waals surface area contributed by atoms with Gasteiger partial charge in [-0.15, -0.1) is 0 Å². The van der Waals surface area contributed by atoms with Gasteiger partial charge in [0, 0.05) is 37.8 Å². The van der Waals surface area contributed by atoms with Crippen molar-refractivity contribution in [3.8, 4) is 0 Å². The molecular weight excluding hydrogens is 290 g/mol. The Morgan fingerprint density at radius 1 is 1.30 bits per heavy atom. The van der Waals surface area contributed by atoms with E-state index in [9.17, 15) is 9.59 Å². The maximum atomic E-state index is 12.5. The van der Waals surface area contributed by atoms with E-state index in [0.29, 0.717) is 31.3 Å². The minimum Gasteiger partial charge on any atom is -0.355 e. The van der Waals surface area contributed by atoms with Crippen LogP contribution in [0.2, 0.25) is 0 Å². The fourth-order valence-electron chi connectivity index (χ4n) is 3.08. The summed E-state index contributed by atoms with van der Waals surface area (Å²) in [4.78, 5) is 26.5. The molecule has 2 fully saturated rings. The largest absolute Gasteiger partial charge is 0.355 e. The second-order valence-electron chi connectivity index (χ2n) is 6.85. The lowest BCUT2D eigenvalue weighted by Gasteiger charge is -2.27. The maximum Gasteiger partial charge on any atom is 0.239 e. The van der Waals surface area contributed by atoms with Gasteiger partial charge >= 0.3 is 0 Å². The lowest BCUT2D eigenvalue weighted by Crippen LogP contribution is -2.49. The van der Waals surface area contributed by atoms with E-state index in [-0.39, 0.29) is 11.8 Å². The molecule has 0 aliphatic carbocycles. The molecule has 0 aromatic heterocycles. The summed E-state index contributed by atoms with van der Waals surface area (Å²) in [6, 6.07) is 8.08. The van der Waals surface area contributed by atoms with E-state index < -0.39 is 5.92 Å². The number of carbonyl (C=O) groups excluding carboxylic acids is 2. The van der Waals surface area contributed by atoms with Gasteiger partial charge in [-0.1, -0.05) is 26.0 Å². The Balaban J connectivity index is 1.60. The summed E-state index contributed by atoms with van der Waals surface area (Å²) in [7, 11) is 0. The number of nitrogens with one attached hydrogen (secondary N) is 2. The average Bonchev–Trinajstić information content (AvgIpc) is 2.87. The van der Waals surface area contributed by atoms with E-state index in [1.54, 1.807) is 4.90 Å². The first-order valence-electron chi connectivity index (χ1n) is 8.46. The monoisotopic (exact) mass is 315 g/mol. The fraction of sp³-hybridized carbons (Fsp3) is 0.556. The Morgan fingerprint density at radius 3 is 2.57 bits per heavy atom. The SMILES string of the molecule is CC(C)c1ccc(N2CCC(C(=O)NCC3CNC3)C2=O)cc1. The van der Waals surface area contributed by atoms with Crippen LogP contribution in [-0.2, 0) is 9.59 Å². The van der Waals surface area contributed by atoms with Gasteiger partial charge in [0.25, 0.3) is 0 Å². The number of anilines is 1. The molecule has 2 aliphatic rings. The molecule has 1 aromatic carbocycles. The van der Waals surface area contributed by atoms with Crippen LogP contribution in [0.25, 0.3) is 0 Å². The van der Waals surface area contributed by atoms with Gasteiger partial charge in [0.05, 0.1) is 0 Å². The lowest BCUT2D eigenvalue weighted by atomic mass is 10.0. The van der Waals surface area contributed by atoms with Gasteiger partial charge in [0.15, 0.2) is 0 Å². The van der Waals surface area contributed by atoms with Crippen LogP contribution in [0.1, 0.15) is 31.7 Å². The zero-order valence-electron chi connectivity index (χ0n) is 13.8. The lowest BCUT2D eigenvalue weighted by molar-refractivity contribution is -0.132. The third kappa shape index (κ3) is 3.39. The highest BCUT2D eigenvalue weighted by Gasteiger charge is 2.37. The Kier molecular flexibility index (Phi) is 4.66. The number of benzene rings is 1. The Labute approximate surface area is 137 Å². The zero-order valence-corrected chi connectivity index (χ0v) is 13.8. The topological polar surface area (TPSA) is 61.4 Å². The minimum atomic E-state index is -0.534. The summed E-state index contributed by atoms with van der Waals surface area (Å²) in [6.07, 6.45) is 0.597. The zero-order chi connectivity index (χ0) is 16.4. The third-order valence-electron chi connectivity index (χ3n) is 4.82. The predicted molar refractivity (Wildman–Crippen MR) is 90.4 cm³/mol. The molecule has 2 heterocycles. The number of rotatable bonds is 5. The van der Waals surface area contributed by atoms with Crippen LogP contribution in [0.4, 0.5) is 5.69 Å². The molecule has 1 aromatic rings. The second kappa shape index (κ2) is 6.71. The van der Waals surface area contributed by atoms with Gasteiger partial charge in [0.2, 0.25) is 11.8 Å². The van der Waals surface area contributed by atoms with Crippen molar-refractivity contribution in [3.63, 3.8) is 0 Å². The number of nitrogens with zero attached hydrogens (tertiary/aromatic N) is 1. The molecule has 1 unspecified atom stereocenters. The van der Waals surface area contributed by atoms with Crippen LogP contribution >= 0.6 is 0 Å². The normalized spacial score (nSPS) is 21.6. The van der Waals surface area contributed by atoms with E-state index in [0.717, 1.165) is 18.8 Å². The highest BCUT2D eigenvalue weighted by molar-refractivity contribution is 6.09. The molecule has 5 nitrogen and oxygen atoms in total. The average molecular weight is 315 g/mol. The van der Waals surface area contributed by atoms with Gasteiger partial charge in [-0.25, -0.2) is 0 Å². The Bertz CT molecular complexity index is 578. The van der Waals surface area contributed by atoms with E-state index in [1.807, 2.05) is 12.1 Å². The van der Waals surface area contributed by atoms with Crippen LogP contribution in [0.5, 0.6) is 0 Å². The van der Waals surface area contributed by atoms with Crippen molar-refractivity contribution in [2.45, 2.75) is 26.2 Å². The molecule has 0 spiro atoms. The van der Waals surface area contributed by atoms with Crippen molar-refractivity contribution in [2.24, 2.45) is 11.8 Å². The van der Waals surface area contributed by atoms with Crippen molar-refractivity contribution in [1.82, 2.24) is 10.6 Å². The molecule has 5 heteroatoms. The van der Waals surface area contributed by atoms with E-state index in [1.165, 1.54) is 5.56 Å². The van der Waals surface area contributed by atoms with Crippen LogP contribution in [0, 0.1) is 11.8 Å². The van der Waals surface area contributed by atoms with Crippen LogP contribution < -0.4 is 15.5 Å². The first kappa shape index (κ1) is 16.0. The Hall–Kier alpha value is -1.88. The van der Waals surface area contributed by atoms with Gasteiger partial charge in [-0.3, -0.25) is 9.59 Å². The predicted octanol–water partition coefficient (Wildman–Crippen LogP) is 1.50. The standard InChI is InChI=1S/C18H25N3O2/c1-12(2)14-3-5-15(6-4-14)21-8-7-16(18(21)23)17(22)20-11-13-9-19-10-13/h3-6,12-13,16,19H,7-11H2,1-2H3,(H,20,22). The molecule has 3 rings (SSSR count). The molecule has 124 valence electrons. The molecule has 23 heavy (non-hydrogen) atoms. The summed E-state index contributed by atoms with van der Waals surface area (Å²) in [5.74, 6) is 0.246. The van der Waals surface area contributed by atoms with Crippen molar-refractivity contribution in [1.29, 1.82) is 0 Å². The summed E-state index contributed by atoms with van der Waals surface area (Å²) in [5.41, 5.74) is 2.14. The van der Waals surface area contributed by atoms with Gasteiger partial charge < -0.3 is 15.5 Å². The number of hydrogen-bond donors (Lipinski definition) is 2. The van der Waals surface area contributed by atoms with Crippen molar-refractivity contribution in [3.05, 3.63) is 29.8 Å². The summed E-state index contributed by atoms with van der Waals surface area (Å²) >= 11 is 0. The number of hydrogen-bond acceptors (Lipinski definition) is 3. The summed E-state index contributed by atoms with van der Waals surface area (Å²) in [6.45, 7) is 7.48. The van der Waals surface area contributed by atoms with E-state index >= 15 is 0 Å². The van der Waals surface area contributed by atoms with Crippen LogP contribution in [0.3, 0.4) is 0 Å². The third-order valence-corrected chi connectivity index (χ3v) is 4.82. The second-order valence-corrected chi connectivity index (χ2v) is 6.85. The van der Waals surface area contributed by atoms with Crippen LogP contribution in [0.15, 0.2) is 24.3 Å². The highest BCUT2D eigenvalue weighted by Crippen LogP contribution is 2.27. The highest BCUT2D eigenvalue weighted by atomic mass is 16.2. The summed E-state index contributed by atoms with van der Waals surface area (Å²) < 4.78 is 0. The van der Waals surface area contributed by atoms with Crippen molar-refractivity contribution >= 4 is 17.5 Å². The number of carbonyl (C=O) groups is 2. The molecule has 0 bridgehead atoms. The van der Waals surface area contributed by atoms with Gasteiger partial charge in [-0.2, -0.15) is 0 Å². The fourth-order valence-corrected chi connectivity index (χ4v) is 3.08. The Morgan fingerprint density at radius 2 is 2.00 bits per heavy atom. The first-order valence-corrected chi connectivity index (χ1v) is 8.46. The molecule has 2 aliphatic heterocycles. The molecule has 0 radical (unpaired) electrons. The van der Waals surface area contributed by atoms with Crippen molar-refractivity contribution in [2.75, 3.05) is 31.1 Å². The van der Waals surface area contributed by atoms with Gasteiger partial charge in [-0.05, 0) is 30.0 Å². The summed E-state index contributed by atoms with van der Waals surface area (Å²) in [5, 5.41) is 6.10. The van der Waals surface area contributed by atoms with Crippen LogP contribution in [-0.4, -0.2) is 38.0 Å². The maximum absolute atomic E-state index is 12.5. The molecule has 0 saturated carbocycles. The number of amides is 2. The quantitative estimate of drug-likeness (QED) is 0.810. The molecular formula is C18H25N3O2. The molecule has 1 atom stereocenters. The minimum absolute atomic E-state index is 0.0773. The van der Waals surface area contributed by atoms with E-state index in [2.05, 4.69) is 36.6 Å². The van der Waals surface area contributed by atoms with E-state index in [4.69, 9.17) is 0 Å². The molecule has 2 saturated heterocycles. The first-order chi connectivity index (χ1) is 11.1. The smallest absolute Gasteiger partial charge is 0.239 e. The molecule has 2 amide bonds. The van der Waals surface area contributed by atoms with Gasteiger partial charge in [0.1, 0.15) is 5.92 Å². The molecule has 2 N–H and O–H groups in total. The van der Waals surface area contributed by atoms with Crippen molar-refractivity contribution < 1.29 is 9.59 Å².